The number of imidazole rings is 1. The molecule has 0 unspecified atom stereocenters. The van der Waals surface area contributed by atoms with Gasteiger partial charge in [0.05, 0.1) is 29.6 Å². The van der Waals surface area contributed by atoms with E-state index in [1.54, 1.807) is 6.20 Å². The Bertz CT molecular complexity index is 732. The number of rotatable bonds is 4. The van der Waals surface area contributed by atoms with Crippen LogP contribution in [0, 0.1) is 0 Å². The Balaban J connectivity index is 1.97. The average Bonchev–Trinajstić information content (AvgIpc) is 2.86. The second-order valence-electron chi connectivity index (χ2n) is 4.70. The number of aromatic nitrogens is 4. The van der Waals surface area contributed by atoms with E-state index in [4.69, 9.17) is 0 Å². The van der Waals surface area contributed by atoms with Crippen molar-refractivity contribution in [3.63, 3.8) is 0 Å². The third-order valence-corrected chi connectivity index (χ3v) is 3.26. The molecule has 1 N–H and O–H groups in total. The van der Waals surface area contributed by atoms with Crippen LogP contribution in [0.25, 0.3) is 22.3 Å². The Morgan fingerprint density at radius 1 is 1.20 bits per heavy atom. The van der Waals surface area contributed by atoms with E-state index in [1.165, 1.54) is 0 Å². The van der Waals surface area contributed by atoms with Crippen LogP contribution in [0.2, 0.25) is 0 Å². The molecule has 0 aliphatic rings. The van der Waals surface area contributed by atoms with Gasteiger partial charge in [-0.3, -0.25) is 0 Å². The fraction of sp³-hybridized carbons (Fsp3) is 0.267. The summed E-state index contributed by atoms with van der Waals surface area (Å²) in [6.07, 6.45) is 3.63. The van der Waals surface area contributed by atoms with Gasteiger partial charge >= 0.3 is 0 Å². The van der Waals surface area contributed by atoms with E-state index < -0.39 is 0 Å². The molecular weight excluding hydrogens is 250 g/mol. The highest BCUT2D eigenvalue weighted by atomic mass is 15.0. The largest absolute Gasteiger partial charge is 0.334 e. The first-order valence-corrected chi connectivity index (χ1v) is 6.72. The lowest BCUT2D eigenvalue weighted by atomic mass is 10.1. The smallest absolute Gasteiger partial charge is 0.142 e. The maximum Gasteiger partial charge on any atom is 0.142 e. The highest BCUT2D eigenvalue weighted by molar-refractivity contribution is 5.81. The Morgan fingerprint density at radius 2 is 2.10 bits per heavy atom. The van der Waals surface area contributed by atoms with E-state index in [9.17, 15) is 0 Å². The fourth-order valence-corrected chi connectivity index (χ4v) is 2.18. The predicted molar refractivity (Wildman–Crippen MR) is 79.1 cm³/mol. The summed E-state index contributed by atoms with van der Waals surface area (Å²) in [7, 11) is 1.99. The molecule has 3 rings (SSSR count). The third-order valence-electron chi connectivity index (χ3n) is 3.26. The summed E-state index contributed by atoms with van der Waals surface area (Å²) < 4.78 is 2.01. The predicted octanol–water partition coefficient (Wildman–Crippen LogP) is 2.14. The standard InChI is InChI=1S/C15H17N5/c1-3-16-9-15-17-7-6-12(19-15)11-4-5-14-13(8-11)18-10-20(14)2/h4-8,10,16H,3,9H2,1-2H3. The molecule has 0 saturated carbocycles. The Hall–Kier alpha value is -2.27. The summed E-state index contributed by atoms with van der Waals surface area (Å²) in [6.45, 7) is 3.67. The molecule has 0 radical (unpaired) electrons. The van der Waals surface area contributed by atoms with Gasteiger partial charge in [0.2, 0.25) is 0 Å². The van der Waals surface area contributed by atoms with Crippen molar-refractivity contribution in [2.24, 2.45) is 7.05 Å². The lowest BCUT2D eigenvalue weighted by Crippen LogP contribution is -2.14. The lowest BCUT2D eigenvalue weighted by molar-refractivity contribution is 0.691. The van der Waals surface area contributed by atoms with Crippen molar-refractivity contribution in [2.45, 2.75) is 13.5 Å². The van der Waals surface area contributed by atoms with Crippen LogP contribution in [0.4, 0.5) is 0 Å². The SMILES string of the molecule is CCNCc1nccc(-c2ccc3c(c2)ncn3C)n1. The summed E-state index contributed by atoms with van der Waals surface area (Å²) in [4.78, 5) is 13.2. The summed E-state index contributed by atoms with van der Waals surface area (Å²) in [5.41, 5.74) is 4.10. The van der Waals surface area contributed by atoms with Gasteiger partial charge in [0.25, 0.3) is 0 Å². The van der Waals surface area contributed by atoms with Crippen LogP contribution >= 0.6 is 0 Å². The molecule has 2 heterocycles. The molecule has 0 amide bonds. The summed E-state index contributed by atoms with van der Waals surface area (Å²) in [5.74, 6) is 0.811. The van der Waals surface area contributed by atoms with Crippen LogP contribution in [-0.2, 0) is 13.6 Å². The van der Waals surface area contributed by atoms with Crippen molar-refractivity contribution in [1.29, 1.82) is 0 Å². The van der Waals surface area contributed by atoms with Crippen LogP contribution in [0.5, 0.6) is 0 Å². The van der Waals surface area contributed by atoms with Gasteiger partial charge in [0, 0.05) is 18.8 Å². The third kappa shape index (κ3) is 2.40. The molecule has 0 spiro atoms. The molecule has 20 heavy (non-hydrogen) atoms. The molecule has 0 atom stereocenters. The zero-order valence-corrected chi connectivity index (χ0v) is 11.7. The van der Waals surface area contributed by atoms with Crippen molar-refractivity contribution in [3.8, 4) is 11.3 Å². The van der Waals surface area contributed by atoms with E-state index >= 15 is 0 Å². The van der Waals surface area contributed by atoms with Gasteiger partial charge in [0.1, 0.15) is 5.82 Å². The molecule has 0 bridgehead atoms. The molecule has 5 heteroatoms. The first-order chi connectivity index (χ1) is 9.78. The quantitative estimate of drug-likeness (QED) is 0.787. The summed E-state index contributed by atoms with van der Waals surface area (Å²) in [6, 6.07) is 8.14. The van der Waals surface area contributed by atoms with E-state index in [0.717, 1.165) is 34.7 Å². The molecule has 5 nitrogen and oxygen atoms in total. The molecule has 0 fully saturated rings. The monoisotopic (exact) mass is 267 g/mol. The minimum Gasteiger partial charge on any atom is -0.334 e. The number of fused-ring (bicyclic) bond motifs is 1. The molecule has 0 aliphatic carbocycles. The summed E-state index contributed by atoms with van der Waals surface area (Å²) >= 11 is 0. The van der Waals surface area contributed by atoms with Crippen LogP contribution < -0.4 is 5.32 Å². The van der Waals surface area contributed by atoms with Gasteiger partial charge in [-0.15, -0.1) is 0 Å². The second-order valence-corrected chi connectivity index (χ2v) is 4.70. The average molecular weight is 267 g/mol. The lowest BCUT2D eigenvalue weighted by Gasteiger charge is -2.05. The minimum atomic E-state index is 0.691. The number of benzene rings is 1. The van der Waals surface area contributed by atoms with Gasteiger partial charge in [-0.2, -0.15) is 0 Å². The molecule has 0 saturated heterocycles. The van der Waals surface area contributed by atoms with Crippen molar-refractivity contribution in [3.05, 3.63) is 42.6 Å². The van der Waals surface area contributed by atoms with E-state index in [0.29, 0.717) is 6.54 Å². The maximum absolute atomic E-state index is 4.59. The molecule has 0 aliphatic heterocycles. The topological polar surface area (TPSA) is 55.6 Å². The molecule has 1 aromatic carbocycles. The Morgan fingerprint density at radius 3 is 2.95 bits per heavy atom. The molecular formula is C15H17N5. The minimum absolute atomic E-state index is 0.691. The van der Waals surface area contributed by atoms with Crippen LogP contribution in [0.1, 0.15) is 12.7 Å². The summed E-state index contributed by atoms with van der Waals surface area (Å²) in [5, 5.41) is 3.24. The Kier molecular flexibility index (Phi) is 3.43. The van der Waals surface area contributed by atoms with Crippen molar-refractivity contribution in [1.82, 2.24) is 24.8 Å². The van der Waals surface area contributed by atoms with Gasteiger partial charge in [-0.1, -0.05) is 13.0 Å². The highest BCUT2D eigenvalue weighted by Gasteiger charge is 2.05. The number of hydrogen-bond acceptors (Lipinski definition) is 4. The van der Waals surface area contributed by atoms with Crippen LogP contribution in [-0.4, -0.2) is 26.1 Å². The zero-order chi connectivity index (χ0) is 13.9. The van der Waals surface area contributed by atoms with Crippen LogP contribution in [0.3, 0.4) is 0 Å². The molecule has 2 aromatic heterocycles. The van der Waals surface area contributed by atoms with E-state index in [2.05, 4.69) is 45.4 Å². The first kappa shape index (κ1) is 12.7. The van der Waals surface area contributed by atoms with Crippen molar-refractivity contribution < 1.29 is 0 Å². The van der Waals surface area contributed by atoms with Gasteiger partial charge < -0.3 is 9.88 Å². The van der Waals surface area contributed by atoms with Gasteiger partial charge in [-0.05, 0) is 24.7 Å². The highest BCUT2D eigenvalue weighted by Crippen LogP contribution is 2.21. The van der Waals surface area contributed by atoms with E-state index in [1.807, 2.05) is 24.0 Å². The normalized spacial score (nSPS) is 11.1. The van der Waals surface area contributed by atoms with Crippen molar-refractivity contribution in [2.75, 3.05) is 6.54 Å². The first-order valence-electron chi connectivity index (χ1n) is 6.72. The Labute approximate surface area is 117 Å². The molecule has 3 aromatic rings. The molecule has 102 valence electrons. The van der Waals surface area contributed by atoms with Crippen molar-refractivity contribution >= 4 is 11.0 Å². The second kappa shape index (κ2) is 5.38. The fourth-order valence-electron chi connectivity index (χ4n) is 2.18. The number of nitrogens with zero attached hydrogens (tertiary/aromatic N) is 4. The number of hydrogen-bond donors (Lipinski definition) is 1. The van der Waals surface area contributed by atoms with Gasteiger partial charge in [0.15, 0.2) is 0 Å². The number of aryl methyl sites for hydroxylation is 1. The van der Waals surface area contributed by atoms with Gasteiger partial charge in [-0.25, -0.2) is 15.0 Å². The van der Waals surface area contributed by atoms with E-state index in [-0.39, 0.29) is 0 Å². The van der Waals surface area contributed by atoms with Crippen LogP contribution in [0.15, 0.2) is 36.8 Å². The zero-order valence-electron chi connectivity index (χ0n) is 11.7. The maximum atomic E-state index is 4.59. The number of nitrogens with one attached hydrogen (secondary N) is 1.